The fourth-order valence-electron chi connectivity index (χ4n) is 9.67. The summed E-state index contributed by atoms with van der Waals surface area (Å²) in [5.41, 5.74) is -3.06. The molecule has 0 spiro atoms. The Hall–Kier alpha value is -10.1. The SMILES string of the molecule is O=S(=O)(O)c1cc(S(=O)(=O)O)c2cc(N=Nc3ccc4c(O)c(Nc5nc(Cl)nc(Nc6ccc(Nc7nc(Cl)nc(Nc8c(S(=O)(=O)O)cc9cc(N=Nc%10cc%11c(S(=O)(=O)O)cc(S(=O)(=O)O)cc%11cc%10S(=O)(=O)O)ccc9c8O)n7)cc6)n5)c(S(=O)(=O)O)cc4c3)c(S(=O)(=O)O)cc2c1. The fourth-order valence-corrected chi connectivity index (χ4v) is 15.3. The summed E-state index contributed by atoms with van der Waals surface area (Å²) >= 11 is 12.5. The molecule has 14 N–H and O–H groups in total. The van der Waals surface area contributed by atoms with Crippen molar-refractivity contribution in [1.82, 2.24) is 29.9 Å². The lowest BCUT2D eigenvalue weighted by Gasteiger charge is -2.15. The second-order valence-electron chi connectivity index (χ2n) is 20.7. The first-order valence-corrected chi connectivity index (χ1v) is 38.9. The number of aromatic nitrogens is 6. The molecule has 0 aliphatic carbocycles. The molecule has 9 aromatic carbocycles. The minimum Gasteiger partial charge on any atom is -0.505 e. The molecular weight excluding hydrogens is 1560 g/mol. The Balaban J connectivity index is 0.816. The van der Waals surface area contributed by atoms with Crippen molar-refractivity contribution >= 4 is 217 Å². The standard InChI is InChI=1S/C52H34Cl2N14O26S8/c53-47-59-49(63-51(61-47)57-43-41(101(89,90)91)15-21-9-27(5-7-31(21)45(43)69)65-67-35-19-33-23(13-39(35)99(83,84)85)11-29(95(71,72)73)17-37(33)97(77,78)79)55-25-1-2-26(4-3-25)56-50-60-48(54)62-52(64-50)58-44-42(102(92,93)94)16-22-10-28(6-8-32(22)46(44)70)66-68-36-20-34-24(14-40(36)100(86,87)88)12-30(96(74,75)76)18-38(34)98(80,81)82/h1-20,69-70H,(H,71,72,73)(H,74,75,76)(H,77,78,79)(H,80,81,82)(H,83,84,85)(H,86,87,88)(H,89,90,91)(H,92,93,94)(H2,55,57,59,61,63)(H2,56,58,60,62,64). The van der Waals surface area contributed by atoms with Crippen molar-refractivity contribution in [2.75, 3.05) is 21.3 Å². The summed E-state index contributed by atoms with van der Waals surface area (Å²) in [6, 6.07) is 18.6. The highest BCUT2D eigenvalue weighted by atomic mass is 35.5. The fraction of sp³-hybridized carbons (Fsp3) is 0. The molecule has 102 heavy (non-hydrogen) atoms. The lowest BCUT2D eigenvalue weighted by Crippen LogP contribution is -2.08. The predicted molar refractivity (Wildman–Crippen MR) is 355 cm³/mol. The minimum atomic E-state index is -5.30. The van der Waals surface area contributed by atoms with Gasteiger partial charge in [0.25, 0.3) is 80.9 Å². The maximum absolute atomic E-state index is 12.9. The van der Waals surface area contributed by atoms with Crippen LogP contribution in [0.25, 0.3) is 43.1 Å². The zero-order valence-electron chi connectivity index (χ0n) is 49.0. The molecular formula is C52H34Cl2N14O26S8. The van der Waals surface area contributed by atoms with E-state index in [-0.39, 0.29) is 56.2 Å². The summed E-state index contributed by atoms with van der Waals surface area (Å²) in [4.78, 5) is 15.5. The third-order valence-electron chi connectivity index (χ3n) is 14.0. The topological polar surface area (TPSA) is 650 Å². The molecule has 0 amide bonds. The van der Waals surface area contributed by atoms with E-state index in [4.69, 9.17) is 23.2 Å². The first-order valence-electron chi connectivity index (χ1n) is 26.6. The number of anilines is 8. The Morgan fingerprint density at radius 1 is 0.294 bits per heavy atom. The Kier molecular flexibility index (Phi) is 18.7. The molecule has 0 atom stereocenters. The number of fused-ring (bicyclic) bond motifs is 4. The Morgan fingerprint density at radius 2 is 0.588 bits per heavy atom. The van der Waals surface area contributed by atoms with Gasteiger partial charge in [-0.05, 0) is 166 Å². The first kappa shape index (κ1) is 73.1. The Morgan fingerprint density at radius 3 is 0.892 bits per heavy atom. The molecule has 2 heterocycles. The van der Waals surface area contributed by atoms with Crippen LogP contribution in [0.4, 0.5) is 69.3 Å². The molecule has 0 aliphatic rings. The van der Waals surface area contributed by atoms with Crippen molar-refractivity contribution in [3.63, 3.8) is 0 Å². The van der Waals surface area contributed by atoms with Gasteiger partial charge in [-0.1, -0.05) is 0 Å². The third kappa shape index (κ3) is 15.8. The van der Waals surface area contributed by atoms with Crippen molar-refractivity contribution in [3.05, 3.63) is 132 Å². The highest BCUT2D eigenvalue weighted by Crippen LogP contribution is 2.45. The smallest absolute Gasteiger partial charge is 0.296 e. The van der Waals surface area contributed by atoms with Gasteiger partial charge in [-0.25, -0.2) is 0 Å². The van der Waals surface area contributed by atoms with E-state index in [0.29, 0.717) is 48.5 Å². The number of nitrogens with zero attached hydrogens (tertiary/aromatic N) is 10. The highest BCUT2D eigenvalue weighted by molar-refractivity contribution is 7.88. The molecule has 0 radical (unpaired) electrons. The summed E-state index contributed by atoms with van der Waals surface area (Å²) in [5.74, 6) is -3.40. The average molecular weight is 1600 g/mol. The largest absolute Gasteiger partial charge is 0.505 e. The van der Waals surface area contributed by atoms with Gasteiger partial charge >= 0.3 is 0 Å². The van der Waals surface area contributed by atoms with Crippen LogP contribution in [-0.4, -0.2) is 144 Å². The molecule has 0 unspecified atom stereocenters. The molecule has 50 heteroatoms. The van der Waals surface area contributed by atoms with Crippen molar-refractivity contribution in [2.45, 2.75) is 39.2 Å². The maximum Gasteiger partial charge on any atom is 0.296 e. The quantitative estimate of drug-likeness (QED) is 0.0192. The van der Waals surface area contributed by atoms with Crippen LogP contribution in [0.5, 0.6) is 11.5 Å². The number of halogens is 2. The molecule has 0 fully saturated rings. The monoisotopic (exact) mass is 1600 g/mol. The third-order valence-corrected chi connectivity index (χ3v) is 21.3. The number of hydrogen-bond acceptors (Lipinski definition) is 32. The highest BCUT2D eigenvalue weighted by Gasteiger charge is 2.30. The molecule has 40 nitrogen and oxygen atoms in total. The van der Waals surface area contributed by atoms with Gasteiger partial charge in [0.1, 0.15) is 63.6 Å². The first-order chi connectivity index (χ1) is 47.1. The van der Waals surface area contributed by atoms with Crippen LogP contribution >= 0.6 is 23.2 Å². The molecule has 11 aromatic rings. The van der Waals surface area contributed by atoms with Gasteiger partial charge < -0.3 is 31.5 Å². The maximum atomic E-state index is 12.9. The van der Waals surface area contributed by atoms with E-state index < -0.39 is 198 Å². The van der Waals surface area contributed by atoms with Crippen LogP contribution in [0.2, 0.25) is 10.6 Å². The minimum absolute atomic E-state index is 0.152. The summed E-state index contributed by atoms with van der Waals surface area (Å²) in [5, 5.41) is 44.9. The van der Waals surface area contributed by atoms with E-state index in [0.717, 1.165) is 48.5 Å². The number of rotatable bonds is 20. The van der Waals surface area contributed by atoms with Crippen LogP contribution in [0.3, 0.4) is 0 Å². The molecule has 0 aliphatic heterocycles. The molecule has 0 saturated carbocycles. The molecule has 11 rings (SSSR count). The van der Waals surface area contributed by atoms with E-state index in [1.807, 2.05) is 0 Å². The van der Waals surface area contributed by atoms with Gasteiger partial charge in [-0.15, -0.1) is 10.2 Å². The molecule has 0 bridgehead atoms. The second-order valence-corrected chi connectivity index (χ2v) is 32.6. The van der Waals surface area contributed by atoms with Crippen molar-refractivity contribution in [2.24, 2.45) is 20.5 Å². The zero-order valence-corrected chi connectivity index (χ0v) is 57.1. The zero-order chi connectivity index (χ0) is 74.5. The van der Waals surface area contributed by atoms with E-state index in [1.54, 1.807) is 0 Å². The van der Waals surface area contributed by atoms with Crippen LogP contribution in [-0.2, 0) is 80.9 Å². The summed E-state index contributed by atoms with van der Waals surface area (Å²) in [7, 11) is -42.1. The van der Waals surface area contributed by atoms with Gasteiger partial charge in [-0.3, -0.25) is 36.4 Å². The van der Waals surface area contributed by atoms with Crippen molar-refractivity contribution < 1.29 is 114 Å². The Bertz CT molecular complexity index is 6180. The van der Waals surface area contributed by atoms with Crippen LogP contribution in [0.1, 0.15) is 0 Å². The second kappa shape index (κ2) is 26.1. The van der Waals surface area contributed by atoms with Crippen LogP contribution in [0, 0.1) is 0 Å². The molecule has 2 aromatic heterocycles. The van der Waals surface area contributed by atoms with E-state index in [1.165, 1.54) is 24.3 Å². The molecule has 530 valence electrons. The summed E-state index contributed by atoms with van der Waals surface area (Å²) < 4.78 is 278. The average Bonchev–Trinajstić information content (AvgIpc) is 0.770. The van der Waals surface area contributed by atoms with Gasteiger partial charge in [-0.2, -0.15) is 107 Å². The lowest BCUT2D eigenvalue weighted by atomic mass is 10.1. The predicted octanol–water partition coefficient (Wildman–Crippen LogP) is 9.17. The molecule has 0 saturated heterocycles. The number of phenols is 2. The van der Waals surface area contributed by atoms with Crippen molar-refractivity contribution in [3.8, 4) is 11.5 Å². The normalized spacial score (nSPS) is 13.0. The van der Waals surface area contributed by atoms with Crippen LogP contribution < -0.4 is 21.3 Å². The van der Waals surface area contributed by atoms with Gasteiger partial charge in [0.2, 0.25) is 34.4 Å². The summed E-state index contributed by atoms with van der Waals surface area (Å²) in [6.07, 6.45) is 0. The number of benzene rings is 9. The van der Waals surface area contributed by atoms with Gasteiger partial charge in [0.15, 0.2) is 0 Å². The number of azo groups is 2. The van der Waals surface area contributed by atoms with E-state index in [2.05, 4.69) is 71.6 Å². The Labute approximate surface area is 580 Å². The number of nitrogens with one attached hydrogen (secondary N) is 4. The summed E-state index contributed by atoms with van der Waals surface area (Å²) in [6.45, 7) is 0. The lowest BCUT2D eigenvalue weighted by molar-refractivity contribution is 0.473. The van der Waals surface area contributed by atoms with Gasteiger partial charge in [0, 0.05) is 32.9 Å². The number of phenolic OH excluding ortho intramolecular Hbond substituents is 2. The number of hydrogen-bond donors (Lipinski definition) is 14. The van der Waals surface area contributed by atoms with Crippen molar-refractivity contribution in [1.29, 1.82) is 0 Å². The number of aromatic hydroxyl groups is 2. The van der Waals surface area contributed by atoms with Crippen LogP contribution in [0.15, 0.2) is 181 Å². The van der Waals surface area contributed by atoms with E-state index >= 15 is 0 Å². The van der Waals surface area contributed by atoms with Gasteiger partial charge in [0.05, 0.1) is 21.2 Å². The van der Waals surface area contributed by atoms with E-state index in [9.17, 15) is 114 Å².